The third-order valence-corrected chi connectivity index (χ3v) is 6.34. The van der Waals surface area contributed by atoms with E-state index in [1.165, 1.54) is 5.56 Å². The fourth-order valence-corrected chi connectivity index (χ4v) is 4.49. The molecule has 1 amide bonds. The second kappa shape index (κ2) is 10.6. The molecular formula is C26H34N6O. The molecule has 4 rings (SSSR count). The first-order chi connectivity index (χ1) is 16.0. The summed E-state index contributed by atoms with van der Waals surface area (Å²) in [5.74, 6) is 1.86. The number of amides is 1. The molecule has 1 N–H and O–H groups in total. The van der Waals surface area contributed by atoms with Gasteiger partial charge in [-0.05, 0) is 45.6 Å². The summed E-state index contributed by atoms with van der Waals surface area (Å²) in [6.07, 6.45) is 10.0. The van der Waals surface area contributed by atoms with E-state index in [-0.39, 0.29) is 18.0 Å². The molecule has 174 valence electrons. The molecule has 0 radical (unpaired) electrons. The molecule has 7 nitrogen and oxygen atoms in total. The normalized spacial score (nSPS) is 17.1. The number of hydrogen-bond donors (Lipinski definition) is 1. The van der Waals surface area contributed by atoms with Crippen molar-refractivity contribution in [1.82, 2.24) is 24.8 Å². The van der Waals surface area contributed by atoms with Crippen molar-refractivity contribution in [3.63, 3.8) is 0 Å². The van der Waals surface area contributed by atoms with Gasteiger partial charge in [0.25, 0.3) is 0 Å². The summed E-state index contributed by atoms with van der Waals surface area (Å²) in [5, 5.41) is 3.19. The standard InChI is InChI=1S/C26H34N6O/c1-19-7-9-22(10-8-19)21(3)29-26(33)17-23-6-4-5-13-32(23)25-16-20(2)28-24(30-25)11-14-31-15-12-27-18-31/h7-10,12,15-16,18,21,23H,4-6,11,13-14,17H2,1-3H3,(H,29,33). The van der Waals surface area contributed by atoms with E-state index in [0.717, 1.165) is 61.7 Å². The van der Waals surface area contributed by atoms with Crippen molar-refractivity contribution < 1.29 is 4.79 Å². The van der Waals surface area contributed by atoms with Gasteiger partial charge >= 0.3 is 0 Å². The average molecular weight is 447 g/mol. The molecule has 33 heavy (non-hydrogen) atoms. The van der Waals surface area contributed by atoms with Crippen molar-refractivity contribution >= 4 is 11.7 Å². The molecule has 0 aliphatic carbocycles. The first kappa shape index (κ1) is 23.0. The predicted molar refractivity (Wildman–Crippen MR) is 130 cm³/mol. The average Bonchev–Trinajstić information content (AvgIpc) is 3.32. The summed E-state index contributed by atoms with van der Waals surface area (Å²) >= 11 is 0. The smallest absolute Gasteiger partial charge is 0.222 e. The zero-order valence-electron chi connectivity index (χ0n) is 19.9. The van der Waals surface area contributed by atoms with Gasteiger partial charge in [-0.1, -0.05) is 29.8 Å². The van der Waals surface area contributed by atoms with E-state index in [0.29, 0.717) is 6.42 Å². The molecule has 7 heteroatoms. The van der Waals surface area contributed by atoms with Crippen LogP contribution in [0, 0.1) is 13.8 Å². The van der Waals surface area contributed by atoms with Crippen LogP contribution in [0.5, 0.6) is 0 Å². The number of nitrogens with zero attached hydrogens (tertiary/aromatic N) is 5. The summed E-state index contributed by atoms with van der Waals surface area (Å²) in [7, 11) is 0. The van der Waals surface area contributed by atoms with Gasteiger partial charge in [0.2, 0.25) is 5.91 Å². The number of anilines is 1. The Kier molecular flexibility index (Phi) is 7.37. The van der Waals surface area contributed by atoms with E-state index in [1.54, 1.807) is 6.20 Å². The minimum atomic E-state index is -0.00813. The Balaban J connectivity index is 1.42. The van der Waals surface area contributed by atoms with Gasteiger partial charge in [0.15, 0.2) is 0 Å². The minimum absolute atomic E-state index is 0.00813. The van der Waals surface area contributed by atoms with Crippen molar-refractivity contribution in [2.24, 2.45) is 0 Å². The third kappa shape index (κ3) is 6.18. The van der Waals surface area contributed by atoms with Crippen LogP contribution in [0.3, 0.4) is 0 Å². The largest absolute Gasteiger partial charge is 0.353 e. The van der Waals surface area contributed by atoms with Gasteiger partial charge in [0.05, 0.1) is 12.4 Å². The number of hydrogen-bond acceptors (Lipinski definition) is 5. The maximum Gasteiger partial charge on any atom is 0.222 e. The van der Waals surface area contributed by atoms with Crippen LogP contribution in [0.2, 0.25) is 0 Å². The number of piperidine rings is 1. The van der Waals surface area contributed by atoms with E-state index in [1.807, 2.05) is 37.0 Å². The lowest BCUT2D eigenvalue weighted by molar-refractivity contribution is -0.122. The van der Waals surface area contributed by atoms with Crippen molar-refractivity contribution in [3.8, 4) is 0 Å². The van der Waals surface area contributed by atoms with Crippen LogP contribution >= 0.6 is 0 Å². The van der Waals surface area contributed by atoms with Crippen molar-refractivity contribution in [2.45, 2.75) is 71.5 Å². The first-order valence-electron chi connectivity index (χ1n) is 11.9. The van der Waals surface area contributed by atoms with Crippen molar-refractivity contribution in [3.05, 3.63) is 71.7 Å². The maximum atomic E-state index is 12.9. The van der Waals surface area contributed by atoms with E-state index < -0.39 is 0 Å². The summed E-state index contributed by atoms with van der Waals surface area (Å²) in [6, 6.07) is 10.5. The highest BCUT2D eigenvalue weighted by molar-refractivity contribution is 5.77. The molecule has 1 aliphatic heterocycles. The lowest BCUT2D eigenvalue weighted by Gasteiger charge is -2.37. The van der Waals surface area contributed by atoms with Crippen LogP contribution in [0.15, 0.2) is 49.1 Å². The molecule has 2 aromatic heterocycles. The van der Waals surface area contributed by atoms with E-state index >= 15 is 0 Å². The lowest BCUT2D eigenvalue weighted by atomic mass is 9.98. The van der Waals surface area contributed by atoms with Gasteiger partial charge in [-0.3, -0.25) is 4.79 Å². The molecule has 0 bridgehead atoms. The van der Waals surface area contributed by atoms with Crippen LogP contribution in [0.4, 0.5) is 5.82 Å². The Morgan fingerprint density at radius 3 is 2.76 bits per heavy atom. The highest BCUT2D eigenvalue weighted by Gasteiger charge is 2.27. The lowest BCUT2D eigenvalue weighted by Crippen LogP contribution is -2.43. The maximum absolute atomic E-state index is 12.9. The van der Waals surface area contributed by atoms with Crippen LogP contribution < -0.4 is 10.2 Å². The molecule has 0 spiro atoms. The van der Waals surface area contributed by atoms with Crippen molar-refractivity contribution in [1.29, 1.82) is 0 Å². The van der Waals surface area contributed by atoms with Gasteiger partial charge in [-0.25, -0.2) is 15.0 Å². The Bertz CT molecular complexity index is 1050. The predicted octanol–water partition coefficient (Wildman–Crippen LogP) is 4.16. The number of benzene rings is 1. The molecule has 1 aliphatic rings. The molecule has 3 heterocycles. The Morgan fingerprint density at radius 1 is 1.18 bits per heavy atom. The second-order valence-electron chi connectivity index (χ2n) is 9.08. The molecule has 2 unspecified atom stereocenters. The molecule has 1 saturated heterocycles. The van der Waals surface area contributed by atoms with Crippen LogP contribution in [0.25, 0.3) is 0 Å². The fourth-order valence-electron chi connectivity index (χ4n) is 4.49. The molecule has 1 fully saturated rings. The molecule has 1 aromatic carbocycles. The zero-order chi connectivity index (χ0) is 23.2. The summed E-state index contributed by atoms with van der Waals surface area (Å²) < 4.78 is 2.04. The number of rotatable bonds is 8. The fraction of sp³-hybridized carbons (Fsp3) is 0.462. The monoisotopic (exact) mass is 446 g/mol. The van der Waals surface area contributed by atoms with Gasteiger partial charge < -0.3 is 14.8 Å². The number of imidazole rings is 1. The van der Waals surface area contributed by atoms with Gasteiger partial charge in [-0.15, -0.1) is 0 Å². The Hall–Kier alpha value is -3.22. The van der Waals surface area contributed by atoms with Crippen LogP contribution in [0.1, 0.15) is 61.3 Å². The van der Waals surface area contributed by atoms with Crippen LogP contribution in [-0.4, -0.2) is 38.0 Å². The second-order valence-corrected chi connectivity index (χ2v) is 9.08. The Labute approximate surface area is 196 Å². The topological polar surface area (TPSA) is 75.9 Å². The number of aryl methyl sites for hydroxylation is 4. The molecule has 3 aromatic rings. The minimum Gasteiger partial charge on any atom is -0.353 e. The number of nitrogens with one attached hydrogen (secondary N) is 1. The number of aromatic nitrogens is 4. The highest BCUT2D eigenvalue weighted by Crippen LogP contribution is 2.26. The Morgan fingerprint density at radius 2 is 2.00 bits per heavy atom. The number of carbonyl (C=O) groups excluding carboxylic acids is 1. The van der Waals surface area contributed by atoms with Crippen molar-refractivity contribution in [2.75, 3.05) is 11.4 Å². The highest BCUT2D eigenvalue weighted by atomic mass is 16.1. The molecule has 2 atom stereocenters. The van der Waals surface area contributed by atoms with E-state index in [9.17, 15) is 4.79 Å². The van der Waals surface area contributed by atoms with Gasteiger partial charge in [0, 0.05) is 56.1 Å². The van der Waals surface area contributed by atoms with E-state index in [4.69, 9.17) is 4.98 Å². The number of carbonyl (C=O) groups is 1. The van der Waals surface area contributed by atoms with Gasteiger partial charge in [-0.2, -0.15) is 0 Å². The zero-order valence-corrected chi connectivity index (χ0v) is 19.9. The first-order valence-corrected chi connectivity index (χ1v) is 11.9. The summed E-state index contributed by atoms with van der Waals surface area (Å²) in [5.41, 5.74) is 3.31. The SMILES string of the molecule is Cc1ccc(C(C)NC(=O)CC2CCCCN2c2cc(C)nc(CCn3ccnc3)n2)cc1. The molecule has 0 saturated carbocycles. The van der Waals surface area contributed by atoms with Gasteiger partial charge in [0.1, 0.15) is 11.6 Å². The third-order valence-electron chi connectivity index (χ3n) is 6.34. The quantitative estimate of drug-likeness (QED) is 0.562. The van der Waals surface area contributed by atoms with Crippen LogP contribution in [-0.2, 0) is 17.8 Å². The summed E-state index contributed by atoms with van der Waals surface area (Å²) in [6.45, 7) is 7.85. The van der Waals surface area contributed by atoms with E-state index in [2.05, 4.69) is 51.4 Å². The molecular weight excluding hydrogens is 412 g/mol. The summed E-state index contributed by atoms with van der Waals surface area (Å²) in [4.78, 5) is 28.9.